The zero-order chi connectivity index (χ0) is 93.5. The van der Waals surface area contributed by atoms with Crippen LogP contribution in [0.25, 0.3) is 223 Å². The molecule has 0 spiro atoms. The van der Waals surface area contributed by atoms with Crippen molar-refractivity contribution in [3.8, 4) is 223 Å². The maximum absolute atomic E-state index is 17.1. The molecule has 0 heterocycles. The third kappa shape index (κ3) is 16.6. The van der Waals surface area contributed by atoms with E-state index in [-0.39, 0.29) is 0 Å². The summed E-state index contributed by atoms with van der Waals surface area (Å²) in [5, 5.41) is 17.1. The van der Waals surface area contributed by atoms with Gasteiger partial charge in [0.25, 0.3) is 0 Å². The van der Waals surface area contributed by atoms with Crippen molar-refractivity contribution in [2.24, 2.45) is 0 Å². The van der Waals surface area contributed by atoms with E-state index in [2.05, 4.69) is 576 Å². The molecule has 0 unspecified atom stereocenters. The quantitative estimate of drug-likeness (QED) is 0.0633. The molecule has 1 heteroatoms. The van der Waals surface area contributed by atoms with Crippen LogP contribution in [0.15, 0.2) is 576 Å². The summed E-state index contributed by atoms with van der Waals surface area (Å²) in [4.78, 5) is 0. The zero-order valence-electron chi connectivity index (χ0n) is 77.3. The van der Waals surface area contributed by atoms with Crippen molar-refractivity contribution in [2.45, 2.75) is 5.60 Å². The highest BCUT2D eigenvalue weighted by Crippen LogP contribution is 2.59. The van der Waals surface area contributed by atoms with Gasteiger partial charge in [-0.3, -0.25) is 0 Å². The first kappa shape index (κ1) is 86.2. The second-order valence-corrected chi connectivity index (χ2v) is 35.9. The second kappa shape index (κ2) is 38.8. The molecule has 0 aliphatic rings. The molecule has 658 valence electrons. The molecule has 140 heavy (non-hydrogen) atoms. The molecule has 23 rings (SSSR count). The van der Waals surface area contributed by atoms with E-state index in [1.54, 1.807) is 0 Å². The molecule has 0 saturated carbocycles. The Morgan fingerprint density at radius 1 is 0.0929 bits per heavy atom. The highest BCUT2D eigenvalue weighted by Gasteiger charge is 2.39. The van der Waals surface area contributed by atoms with Crippen LogP contribution in [0.3, 0.4) is 0 Å². The highest BCUT2D eigenvalue weighted by molar-refractivity contribution is 6.14. The van der Waals surface area contributed by atoms with E-state index >= 15 is 5.11 Å². The predicted molar refractivity (Wildman–Crippen MR) is 590 cm³/mol. The Morgan fingerprint density at radius 3 is 0.350 bits per heavy atom. The van der Waals surface area contributed by atoms with Gasteiger partial charge in [-0.05, 0) is 300 Å². The Labute approximate surface area is 820 Å². The van der Waals surface area contributed by atoms with Crippen LogP contribution in [0, 0.1) is 0 Å². The smallest absolute Gasteiger partial charge is 0.140 e. The van der Waals surface area contributed by atoms with Crippen molar-refractivity contribution in [1.29, 1.82) is 0 Å². The van der Waals surface area contributed by atoms with Crippen molar-refractivity contribution in [3.05, 3.63) is 593 Å². The predicted octanol–water partition coefficient (Wildman–Crippen LogP) is 37.3. The number of hydrogen-bond acceptors (Lipinski definition) is 1. The van der Waals surface area contributed by atoms with Gasteiger partial charge in [0.1, 0.15) is 5.60 Å². The largest absolute Gasteiger partial charge is 0.376 e. The Hall–Kier alpha value is -18.0. The summed E-state index contributed by atoms with van der Waals surface area (Å²) in [7, 11) is 0. The first-order valence-corrected chi connectivity index (χ1v) is 48.2. The van der Waals surface area contributed by atoms with Crippen molar-refractivity contribution in [3.63, 3.8) is 0 Å². The van der Waals surface area contributed by atoms with Gasteiger partial charge in [0.15, 0.2) is 0 Å². The fourth-order valence-electron chi connectivity index (χ4n) is 21.3. The third-order valence-corrected chi connectivity index (χ3v) is 27.5. The molecule has 1 nitrogen and oxygen atoms in total. The maximum Gasteiger partial charge on any atom is 0.140 e. The summed E-state index contributed by atoms with van der Waals surface area (Å²) in [6.07, 6.45) is 0. The molecular weight excluding hydrogens is 1690 g/mol. The Balaban J connectivity index is 0.945. The molecule has 0 aliphatic heterocycles. The van der Waals surface area contributed by atoms with E-state index in [9.17, 15) is 0 Å². The summed E-state index contributed by atoms with van der Waals surface area (Å²) in [6.45, 7) is 0. The van der Waals surface area contributed by atoms with Crippen molar-refractivity contribution in [2.75, 3.05) is 0 Å². The van der Waals surface area contributed by atoms with Crippen LogP contribution >= 0.6 is 0 Å². The minimum absolute atomic E-state index is 0.636. The normalized spacial score (nSPS) is 11.3. The Kier molecular flexibility index (Phi) is 23.9. The Bertz CT molecular complexity index is 7370. The number of rotatable bonds is 23. The van der Waals surface area contributed by atoms with Gasteiger partial charge in [-0.25, -0.2) is 0 Å². The number of benzene rings is 23. The first-order valence-electron chi connectivity index (χ1n) is 48.2. The van der Waals surface area contributed by atoms with E-state index in [0.29, 0.717) is 16.7 Å². The minimum Gasteiger partial charge on any atom is -0.376 e. The lowest BCUT2D eigenvalue weighted by Crippen LogP contribution is -2.29. The number of hydrogen-bond donors (Lipinski definition) is 1. The van der Waals surface area contributed by atoms with Crippen LogP contribution in [-0.4, -0.2) is 5.11 Å². The highest BCUT2D eigenvalue weighted by atomic mass is 16.3. The molecule has 23 aromatic rings. The van der Waals surface area contributed by atoms with Gasteiger partial charge in [0.2, 0.25) is 0 Å². The average Bonchev–Trinajstić information content (AvgIpc) is 0.725. The van der Waals surface area contributed by atoms with Crippen LogP contribution in [0.4, 0.5) is 0 Å². The van der Waals surface area contributed by atoms with Crippen molar-refractivity contribution in [1.82, 2.24) is 0 Å². The van der Waals surface area contributed by atoms with Crippen LogP contribution in [-0.2, 0) is 5.60 Å². The minimum atomic E-state index is -2.08. The summed E-state index contributed by atoms with van der Waals surface area (Å²) in [5.41, 5.74) is 41.3. The molecule has 0 radical (unpaired) electrons. The van der Waals surface area contributed by atoms with Crippen molar-refractivity contribution < 1.29 is 5.11 Å². The molecule has 0 saturated heterocycles. The van der Waals surface area contributed by atoms with Gasteiger partial charge in [-0.1, -0.05) is 516 Å². The summed E-state index contributed by atoms with van der Waals surface area (Å²) < 4.78 is 0. The van der Waals surface area contributed by atoms with Gasteiger partial charge >= 0.3 is 0 Å². The van der Waals surface area contributed by atoms with Gasteiger partial charge < -0.3 is 5.11 Å². The molecule has 0 aromatic heterocycles. The lowest BCUT2D eigenvalue weighted by Gasteiger charge is -2.33. The van der Waals surface area contributed by atoms with Gasteiger partial charge in [0.05, 0.1) is 0 Å². The fourth-order valence-corrected chi connectivity index (χ4v) is 21.3. The first-order chi connectivity index (χ1) is 69.4. The molecule has 0 atom stereocenters. The standard InChI is InChI=1S/C139H96O/c140-139(116-84-50-17-51-85-116,117-88-112(123-92-119(96-52-18-1-19-53-96)127(100-60-26-5-27-61-100)135(108-76-42-13-43-77-108)131(123)104-68-34-9-35-69-104)86-113(89-117)124-93-120(97-54-20-2-21-55-97)128(101-62-28-6-29-63-101)136(109-78-44-14-45-79-109)132(124)105-70-36-10-37-71-105)118-90-114(125-94-121(98-56-22-3-23-57-98)129(102-64-30-7-31-65-102)137(110-80-46-15-47-81-110)133(125)106-72-38-11-39-73-106)87-115(91-118)126-95-122(99-58-24-4-25-59-99)130(103-66-32-8-33-67-103)138(111-82-48-16-49-83-111)134(126)107-74-40-12-41-75-107/h1-95,140H. The third-order valence-electron chi connectivity index (χ3n) is 27.5. The van der Waals surface area contributed by atoms with Gasteiger partial charge in [-0.2, -0.15) is 0 Å². The molecule has 0 fully saturated rings. The lowest BCUT2D eigenvalue weighted by atomic mass is 9.73. The van der Waals surface area contributed by atoms with Crippen molar-refractivity contribution >= 4 is 0 Å². The van der Waals surface area contributed by atoms with E-state index in [1.807, 2.05) is 0 Å². The molecule has 23 aromatic carbocycles. The Morgan fingerprint density at radius 2 is 0.207 bits per heavy atom. The fraction of sp³-hybridized carbons (Fsp3) is 0.00719. The van der Waals surface area contributed by atoms with Crippen LogP contribution < -0.4 is 0 Å². The van der Waals surface area contributed by atoms with Crippen LogP contribution in [0.2, 0.25) is 0 Å². The monoisotopic (exact) mass is 1780 g/mol. The molecule has 0 aliphatic carbocycles. The van der Waals surface area contributed by atoms with E-state index in [1.165, 1.54) is 0 Å². The number of aliphatic hydroxyl groups is 1. The zero-order valence-corrected chi connectivity index (χ0v) is 77.3. The van der Waals surface area contributed by atoms with E-state index < -0.39 is 5.60 Å². The molecule has 0 amide bonds. The topological polar surface area (TPSA) is 20.2 Å². The van der Waals surface area contributed by atoms with E-state index in [4.69, 9.17) is 0 Å². The average molecular weight is 1780 g/mol. The summed E-state index contributed by atoms with van der Waals surface area (Å²) in [5.74, 6) is 0. The van der Waals surface area contributed by atoms with Gasteiger partial charge in [-0.15, -0.1) is 0 Å². The molecule has 1 N–H and O–H groups in total. The molecular formula is C139H96O. The van der Waals surface area contributed by atoms with E-state index in [0.717, 1.165) is 223 Å². The van der Waals surface area contributed by atoms with Crippen LogP contribution in [0.1, 0.15) is 16.7 Å². The SMILES string of the molecule is OC(c1ccccc1)(c1cc(-c2cc(-c3ccccc3)c(-c3ccccc3)c(-c3ccccc3)c2-c2ccccc2)cc(-c2cc(-c3ccccc3)c(-c3ccccc3)c(-c3ccccc3)c2-c2ccccc2)c1)c1cc(-c2cc(-c3ccccc3)c(-c3ccccc3)c(-c3ccccc3)c2-c2ccccc2)cc(-c2cc(-c3ccccc3)c(-c3ccccc3)c(-c3ccccc3)c2-c2ccccc2)c1. The van der Waals surface area contributed by atoms with Gasteiger partial charge in [0, 0.05) is 0 Å². The summed E-state index contributed by atoms with van der Waals surface area (Å²) in [6, 6.07) is 211. The maximum atomic E-state index is 17.1. The summed E-state index contributed by atoms with van der Waals surface area (Å²) >= 11 is 0. The van der Waals surface area contributed by atoms with Crippen LogP contribution in [0.5, 0.6) is 0 Å². The second-order valence-electron chi connectivity index (χ2n) is 35.9. The lowest BCUT2D eigenvalue weighted by molar-refractivity contribution is 0.126. The molecule has 0 bridgehead atoms.